The lowest BCUT2D eigenvalue weighted by atomic mass is 10.1. The van der Waals surface area contributed by atoms with E-state index >= 15 is 0 Å². The number of nitrogens with zero attached hydrogens (tertiary/aromatic N) is 1. The van der Waals surface area contributed by atoms with Crippen molar-refractivity contribution in [2.24, 2.45) is 0 Å². The van der Waals surface area contributed by atoms with Crippen LogP contribution in [0.1, 0.15) is 21.5 Å². The van der Waals surface area contributed by atoms with Crippen molar-refractivity contribution < 1.29 is 9.53 Å². The van der Waals surface area contributed by atoms with Crippen molar-refractivity contribution in [1.82, 2.24) is 0 Å². The van der Waals surface area contributed by atoms with Gasteiger partial charge in [0.05, 0.1) is 11.6 Å². The first kappa shape index (κ1) is 15.3. The molecule has 0 radical (unpaired) electrons. The fourth-order valence-electron chi connectivity index (χ4n) is 1.81. The minimum absolute atomic E-state index is 0.100. The van der Waals surface area contributed by atoms with Crippen LogP contribution < -0.4 is 4.74 Å². The van der Waals surface area contributed by atoms with Crippen molar-refractivity contribution in [3.63, 3.8) is 0 Å². The van der Waals surface area contributed by atoms with E-state index in [1.165, 1.54) is 6.08 Å². The van der Waals surface area contributed by atoms with Crippen LogP contribution in [0.3, 0.4) is 0 Å². The molecule has 0 aromatic heterocycles. The van der Waals surface area contributed by atoms with E-state index in [0.29, 0.717) is 17.7 Å². The van der Waals surface area contributed by atoms with E-state index in [4.69, 9.17) is 10.00 Å². The summed E-state index contributed by atoms with van der Waals surface area (Å²) >= 11 is 0. The average molecular weight is 289 g/mol. The van der Waals surface area contributed by atoms with Gasteiger partial charge in [-0.1, -0.05) is 30.9 Å². The maximum absolute atomic E-state index is 12.0. The van der Waals surface area contributed by atoms with Gasteiger partial charge in [-0.15, -0.1) is 0 Å². The standard InChI is InChI=1S/C19H15NO2/c1-2-13-22-18-10-5-15(6-11-18)7-12-19(21)17-8-3-16(14-20)4-9-17/h2-12H,1,13H2/b12-7+. The molecule has 2 aromatic rings. The highest BCUT2D eigenvalue weighted by molar-refractivity contribution is 6.06. The molecule has 0 saturated heterocycles. The van der Waals surface area contributed by atoms with Crippen LogP contribution in [-0.2, 0) is 0 Å². The minimum atomic E-state index is -0.100. The third-order valence-electron chi connectivity index (χ3n) is 2.97. The normalized spacial score (nSPS) is 10.1. The van der Waals surface area contributed by atoms with Gasteiger partial charge in [0.2, 0.25) is 0 Å². The zero-order valence-electron chi connectivity index (χ0n) is 12.0. The summed E-state index contributed by atoms with van der Waals surface area (Å²) in [5.41, 5.74) is 2.00. The molecular weight excluding hydrogens is 274 g/mol. The van der Waals surface area contributed by atoms with Gasteiger partial charge in [0.25, 0.3) is 0 Å². The quantitative estimate of drug-likeness (QED) is 0.458. The Hall–Kier alpha value is -3.12. The number of hydrogen-bond acceptors (Lipinski definition) is 3. The van der Waals surface area contributed by atoms with Crippen molar-refractivity contribution in [2.75, 3.05) is 6.61 Å². The number of rotatable bonds is 6. The monoisotopic (exact) mass is 289 g/mol. The highest BCUT2D eigenvalue weighted by Gasteiger charge is 2.01. The number of allylic oxidation sites excluding steroid dienone is 1. The highest BCUT2D eigenvalue weighted by atomic mass is 16.5. The maximum Gasteiger partial charge on any atom is 0.185 e. The molecule has 0 aliphatic rings. The van der Waals surface area contributed by atoms with Gasteiger partial charge < -0.3 is 4.74 Å². The summed E-state index contributed by atoms with van der Waals surface area (Å²) in [6.07, 6.45) is 4.95. The molecule has 0 amide bonds. The molecular formula is C19H15NO2. The Balaban J connectivity index is 2.02. The van der Waals surface area contributed by atoms with Gasteiger partial charge in [0, 0.05) is 5.56 Å². The molecule has 0 spiro atoms. The molecule has 0 N–H and O–H groups in total. The van der Waals surface area contributed by atoms with E-state index in [1.807, 2.05) is 30.3 Å². The Morgan fingerprint density at radius 3 is 2.41 bits per heavy atom. The van der Waals surface area contributed by atoms with E-state index in [0.717, 1.165) is 11.3 Å². The van der Waals surface area contributed by atoms with Gasteiger partial charge in [-0.05, 0) is 48.0 Å². The van der Waals surface area contributed by atoms with Crippen molar-refractivity contribution >= 4 is 11.9 Å². The second kappa shape index (κ2) is 7.61. The molecule has 108 valence electrons. The zero-order valence-corrected chi connectivity index (χ0v) is 12.0. The SMILES string of the molecule is C=CCOc1ccc(/C=C/C(=O)c2ccc(C#N)cc2)cc1. The minimum Gasteiger partial charge on any atom is -0.490 e. The van der Waals surface area contributed by atoms with Gasteiger partial charge in [0.1, 0.15) is 12.4 Å². The third kappa shape index (κ3) is 4.19. The molecule has 0 bridgehead atoms. The first-order chi connectivity index (χ1) is 10.7. The number of carbonyl (C=O) groups is 1. The van der Waals surface area contributed by atoms with Crippen molar-refractivity contribution in [3.05, 3.63) is 84.0 Å². The third-order valence-corrected chi connectivity index (χ3v) is 2.97. The molecule has 0 atom stereocenters. The Morgan fingerprint density at radius 2 is 1.82 bits per heavy atom. The Labute approximate surface area is 129 Å². The summed E-state index contributed by atoms with van der Waals surface area (Å²) in [6.45, 7) is 4.05. The number of ketones is 1. The lowest BCUT2D eigenvalue weighted by Crippen LogP contribution is -1.94. The average Bonchev–Trinajstić information content (AvgIpc) is 2.58. The van der Waals surface area contributed by atoms with Crippen LogP contribution in [-0.4, -0.2) is 12.4 Å². The molecule has 0 heterocycles. The molecule has 2 rings (SSSR count). The van der Waals surface area contributed by atoms with Crippen molar-refractivity contribution in [2.45, 2.75) is 0 Å². The number of benzene rings is 2. The summed E-state index contributed by atoms with van der Waals surface area (Å²) in [4.78, 5) is 12.0. The predicted molar refractivity (Wildman–Crippen MR) is 86.7 cm³/mol. The van der Waals surface area contributed by atoms with Crippen LogP contribution in [0.25, 0.3) is 6.08 Å². The first-order valence-corrected chi connectivity index (χ1v) is 6.79. The molecule has 22 heavy (non-hydrogen) atoms. The zero-order chi connectivity index (χ0) is 15.8. The smallest absolute Gasteiger partial charge is 0.185 e. The van der Waals surface area contributed by atoms with Crippen LogP contribution in [0, 0.1) is 11.3 Å². The van der Waals surface area contributed by atoms with E-state index in [1.54, 1.807) is 36.4 Å². The lowest BCUT2D eigenvalue weighted by Gasteiger charge is -2.02. The molecule has 0 fully saturated rings. The molecule has 0 aliphatic heterocycles. The molecule has 2 aromatic carbocycles. The molecule has 3 nitrogen and oxygen atoms in total. The summed E-state index contributed by atoms with van der Waals surface area (Å²) in [5.74, 6) is 0.659. The van der Waals surface area contributed by atoms with Crippen molar-refractivity contribution in [3.8, 4) is 11.8 Å². The summed E-state index contributed by atoms with van der Waals surface area (Å²) in [5, 5.41) is 8.73. The summed E-state index contributed by atoms with van der Waals surface area (Å²) in [7, 11) is 0. The highest BCUT2D eigenvalue weighted by Crippen LogP contribution is 2.14. The predicted octanol–water partition coefficient (Wildman–Crippen LogP) is 4.02. The molecule has 0 aliphatic carbocycles. The number of nitriles is 1. The molecule has 0 unspecified atom stereocenters. The molecule has 0 saturated carbocycles. The largest absolute Gasteiger partial charge is 0.490 e. The number of carbonyl (C=O) groups excluding carboxylic acids is 1. The van der Waals surface area contributed by atoms with Gasteiger partial charge >= 0.3 is 0 Å². The van der Waals surface area contributed by atoms with E-state index in [2.05, 4.69) is 6.58 Å². The van der Waals surface area contributed by atoms with Gasteiger partial charge in [-0.25, -0.2) is 0 Å². The van der Waals surface area contributed by atoms with Crippen LogP contribution in [0.5, 0.6) is 5.75 Å². The van der Waals surface area contributed by atoms with Gasteiger partial charge in [0.15, 0.2) is 5.78 Å². The fourth-order valence-corrected chi connectivity index (χ4v) is 1.81. The van der Waals surface area contributed by atoms with Gasteiger partial charge in [-0.2, -0.15) is 5.26 Å². The number of hydrogen-bond donors (Lipinski definition) is 0. The van der Waals surface area contributed by atoms with E-state index < -0.39 is 0 Å². The maximum atomic E-state index is 12.0. The fraction of sp³-hybridized carbons (Fsp3) is 0.0526. The van der Waals surface area contributed by atoms with Crippen LogP contribution in [0.15, 0.2) is 67.3 Å². The first-order valence-electron chi connectivity index (χ1n) is 6.79. The second-order valence-corrected chi connectivity index (χ2v) is 4.56. The Bertz CT molecular complexity index is 720. The summed E-state index contributed by atoms with van der Waals surface area (Å²) < 4.78 is 5.39. The second-order valence-electron chi connectivity index (χ2n) is 4.56. The molecule has 3 heteroatoms. The Kier molecular flexibility index (Phi) is 5.28. The van der Waals surface area contributed by atoms with Crippen molar-refractivity contribution in [1.29, 1.82) is 5.26 Å². The van der Waals surface area contributed by atoms with Crippen LogP contribution in [0.2, 0.25) is 0 Å². The Morgan fingerprint density at radius 1 is 1.14 bits per heavy atom. The topological polar surface area (TPSA) is 50.1 Å². The van der Waals surface area contributed by atoms with E-state index in [-0.39, 0.29) is 5.78 Å². The van der Waals surface area contributed by atoms with Gasteiger partial charge in [-0.3, -0.25) is 4.79 Å². The summed E-state index contributed by atoms with van der Waals surface area (Å²) in [6, 6.07) is 16.0. The lowest BCUT2D eigenvalue weighted by molar-refractivity contribution is 0.104. The van der Waals surface area contributed by atoms with Crippen LogP contribution in [0.4, 0.5) is 0 Å². The number of ether oxygens (including phenoxy) is 1. The van der Waals surface area contributed by atoms with Crippen LogP contribution >= 0.6 is 0 Å². The van der Waals surface area contributed by atoms with E-state index in [9.17, 15) is 4.79 Å².